The number of aromatic nitrogens is 1. The predicted octanol–water partition coefficient (Wildman–Crippen LogP) is 3.91. The largest absolute Gasteiger partial charge is 0.396 e. The van der Waals surface area contributed by atoms with Crippen LogP contribution in [0.5, 0.6) is 0 Å². The Kier molecular flexibility index (Phi) is 4.22. The Morgan fingerprint density at radius 1 is 1.29 bits per heavy atom. The normalized spacial score (nSPS) is 16.5. The number of hydrogen-bond donors (Lipinski definition) is 2. The molecule has 1 saturated carbocycles. The van der Waals surface area contributed by atoms with E-state index in [0.717, 1.165) is 29.4 Å². The molecule has 0 bridgehead atoms. The molecule has 0 radical (unpaired) electrons. The second kappa shape index (κ2) is 6.12. The number of aliphatic hydroxyl groups is 1. The van der Waals surface area contributed by atoms with Gasteiger partial charge in [-0.15, -0.1) is 11.3 Å². The van der Waals surface area contributed by atoms with E-state index in [1.807, 2.05) is 5.38 Å². The van der Waals surface area contributed by atoms with Crippen molar-refractivity contribution < 1.29 is 9.50 Å². The van der Waals surface area contributed by atoms with Crippen LogP contribution in [0.3, 0.4) is 0 Å². The van der Waals surface area contributed by atoms with Gasteiger partial charge in [0, 0.05) is 24.1 Å². The van der Waals surface area contributed by atoms with E-state index < -0.39 is 0 Å². The van der Waals surface area contributed by atoms with Crippen LogP contribution in [0.4, 0.5) is 9.52 Å². The Morgan fingerprint density at radius 2 is 2.05 bits per heavy atom. The maximum Gasteiger partial charge on any atom is 0.183 e. The lowest BCUT2D eigenvalue weighted by atomic mass is 9.67. The standard InChI is InChI=1S/C16H19FN2OS/c17-13-4-2-12(3-5-13)14-10-21-15(19-14)18-11-16(8-9-20)6-1-7-16/h2-5,10,20H,1,6-9,11H2,(H,18,19). The maximum atomic E-state index is 12.9. The Hall–Kier alpha value is -1.46. The molecular formula is C16H19FN2OS. The SMILES string of the molecule is OCCC1(CNc2nc(-c3ccc(F)cc3)cs2)CCC1. The van der Waals surface area contributed by atoms with Gasteiger partial charge in [-0.25, -0.2) is 9.37 Å². The van der Waals surface area contributed by atoms with Crippen molar-refractivity contribution >= 4 is 16.5 Å². The minimum Gasteiger partial charge on any atom is -0.396 e. The summed E-state index contributed by atoms with van der Waals surface area (Å²) < 4.78 is 12.9. The number of nitrogens with one attached hydrogen (secondary N) is 1. The van der Waals surface area contributed by atoms with Gasteiger partial charge in [0.1, 0.15) is 5.82 Å². The molecule has 1 aliphatic carbocycles. The van der Waals surface area contributed by atoms with E-state index in [9.17, 15) is 4.39 Å². The molecule has 5 heteroatoms. The molecule has 1 aromatic heterocycles. The summed E-state index contributed by atoms with van der Waals surface area (Å²) in [5.41, 5.74) is 2.04. The summed E-state index contributed by atoms with van der Waals surface area (Å²) in [7, 11) is 0. The molecule has 1 aliphatic rings. The highest BCUT2D eigenvalue weighted by Gasteiger charge is 2.36. The topological polar surface area (TPSA) is 45.1 Å². The quantitative estimate of drug-likeness (QED) is 0.850. The fraction of sp³-hybridized carbons (Fsp3) is 0.438. The van der Waals surface area contributed by atoms with E-state index in [-0.39, 0.29) is 17.8 Å². The summed E-state index contributed by atoms with van der Waals surface area (Å²) in [5, 5.41) is 15.4. The van der Waals surface area contributed by atoms with Gasteiger partial charge in [0.25, 0.3) is 0 Å². The summed E-state index contributed by atoms with van der Waals surface area (Å²) in [6.07, 6.45) is 4.46. The van der Waals surface area contributed by atoms with Crippen LogP contribution in [0.15, 0.2) is 29.6 Å². The summed E-state index contributed by atoms with van der Waals surface area (Å²) in [6, 6.07) is 6.39. The van der Waals surface area contributed by atoms with E-state index >= 15 is 0 Å². The van der Waals surface area contributed by atoms with Gasteiger partial charge in [-0.05, 0) is 48.9 Å². The van der Waals surface area contributed by atoms with Crippen molar-refractivity contribution in [3.63, 3.8) is 0 Å². The molecule has 0 amide bonds. The number of rotatable bonds is 6. The van der Waals surface area contributed by atoms with E-state index in [4.69, 9.17) is 5.11 Å². The minimum absolute atomic E-state index is 0.233. The van der Waals surface area contributed by atoms with E-state index in [1.165, 1.54) is 31.4 Å². The fourth-order valence-corrected chi connectivity index (χ4v) is 3.52. The molecule has 1 fully saturated rings. The molecule has 0 unspecified atom stereocenters. The summed E-state index contributed by atoms with van der Waals surface area (Å²) in [4.78, 5) is 4.55. The van der Waals surface area contributed by atoms with Crippen molar-refractivity contribution in [3.05, 3.63) is 35.5 Å². The van der Waals surface area contributed by atoms with Crippen molar-refractivity contribution in [3.8, 4) is 11.3 Å². The van der Waals surface area contributed by atoms with Gasteiger partial charge >= 0.3 is 0 Å². The first-order valence-corrected chi connectivity index (χ1v) is 8.15. The molecule has 2 N–H and O–H groups in total. The molecule has 3 nitrogen and oxygen atoms in total. The van der Waals surface area contributed by atoms with E-state index in [0.29, 0.717) is 0 Å². The zero-order valence-electron chi connectivity index (χ0n) is 11.8. The van der Waals surface area contributed by atoms with Gasteiger partial charge < -0.3 is 10.4 Å². The van der Waals surface area contributed by atoms with Crippen molar-refractivity contribution in [2.24, 2.45) is 5.41 Å². The second-order valence-electron chi connectivity index (χ2n) is 5.73. The predicted molar refractivity (Wildman–Crippen MR) is 84.0 cm³/mol. The third-order valence-electron chi connectivity index (χ3n) is 4.32. The molecule has 1 heterocycles. The summed E-state index contributed by atoms with van der Waals surface area (Å²) in [6.45, 7) is 1.12. The van der Waals surface area contributed by atoms with Crippen molar-refractivity contribution in [1.82, 2.24) is 4.98 Å². The Bertz CT molecular complexity index is 593. The molecule has 1 aromatic carbocycles. The lowest BCUT2D eigenvalue weighted by molar-refractivity contribution is 0.102. The lowest BCUT2D eigenvalue weighted by Gasteiger charge is -2.41. The van der Waals surface area contributed by atoms with Crippen molar-refractivity contribution in [1.29, 1.82) is 0 Å². The monoisotopic (exact) mass is 306 g/mol. The number of anilines is 1. The third kappa shape index (κ3) is 3.24. The van der Waals surface area contributed by atoms with Gasteiger partial charge in [-0.2, -0.15) is 0 Å². The van der Waals surface area contributed by atoms with Gasteiger partial charge in [0.15, 0.2) is 5.13 Å². The van der Waals surface area contributed by atoms with E-state index in [1.54, 1.807) is 23.5 Å². The zero-order chi connectivity index (χ0) is 14.7. The van der Waals surface area contributed by atoms with E-state index in [2.05, 4.69) is 10.3 Å². The number of halogens is 1. The molecule has 112 valence electrons. The lowest BCUT2D eigenvalue weighted by Crippen LogP contribution is -2.37. The molecule has 3 rings (SSSR count). The van der Waals surface area contributed by atoms with Crippen molar-refractivity contribution in [2.75, 3.05) is 18.5 Å². The van der Waals surface area contributed by atoms with Crippen LogP contribution in [0, 0.1) is 11.2 Å². The molecule has 21 heavy (non-hydrogen) atoms. The van der Waals surface area contributed by atoms with Gasteiger partial charge in [-0.3, -0.25) is 0 Å². The zero-order valence-corrected chi connectivity index (χ0v) is 12.6. The Morgan fingerprint density at radius 3 is 2.67 bits per heavy atom. The average molecular weight is 306 g/mol. The minimum atomic E-state index is -0.233. The Labute approximate surface area is 127 Å². The van der Waals surface area contributed by atoms with Crippen LogP contribution in [-0.4, -0.2) is 23.2 Å². The van der Waals surface area contributed by atoms with Gasteiger partial charge in [-0.1, -0.05) is 6.42 Å². The highest BCUT2D eigenvalue weighted by molar-refractivity contribution is 7.14. The first kappa shape index (κ1) is 14.5. The van der Waals surface area contributed by atoms with Gasteiger partial charge in [0.05, 0.1) is 5.69 Å². The van der Waals surface area contributed by atoms with Crippen LogP contribution in [0.25, 0.3) is 11.3 Å². The first-order valence-electron chi connectivity index (χ1n) is 7.27. The van der Waals surface area contributed by atoms with Crippen LogP contribution in [-0.2, 0) is 0 Å². The van der Waals surface area contributed by atoms with Crippen LogP contribution >= 0.6 is 11.3 Å². The third-order valence-corrected chi connectivity index (χ3v) is 5.12. The number of aliphatic hydroxyl groups excluding tert-OH is 1. The number of thiazole rings is 1. The molecule has 0 saturated heterocycles. The summed E-state index contributed by atoms with van der Waals surface area (Å²) >= 11 is 1.56. The second-order valence-corrected chi connectivity index (χ2v) is 6.58. The molecular weight excluding hydrogens is 287 g/mol. The van der Waals surface area contributed by atoms with Crippen LogP contribution in [0.2, 0.25) is 0 Å². The fourth-order valence-electron chi connectivity index (χ4n) is 2.80. The summed E-state index contributed by atoms with van der Waals surface area (Å²) in [5.74, 6) is -0.233. The molecule has 0 atom stereocenters. The highest BCUT2D eigenvalue weighted by Crippen LogP contribution is 2.44. The van der Waals surface area contributed by atoms with Crippen molar-refractivity contribution in [2.45, 2.75) is 25.7 Å². The number of benzene rings is 1. The van der Waals surface area contributed by atoms with Crippen LogP contribution in [0.1, 0.15) is 25.7 Å². The smallest absolute Gasteiger partial charge is 0.183 e. The average Bonchev–Trinajstić information content (AvgIpc) is 2.91. The molecule has 0 spiro atoms. The Balaban J connectivity index is 1.64. The molecule has 2 aromatic rings. The van der Waals surface area contributed by atoms with Crippen LogP contribution < -0.4 is 5.32 Å². The molecule has 0 aliphatic heterocycles. The highest BCUT2D eigenvalue weighted by atomic mass is 32.1. The number of nitrogens with zero attached hydrogens (tertiary/aromatic N) is 1. The van der Waals surface area contributed by atoms with Gasteiger partial charge in [0.2, 0.25) is 0 Å². The first-order chi connectivity index (χ1) is 10.2. The number of hydrogen-bond acceptors (Lipinski definition) is 4. The maximum absolute atomic E-state index is 12.9.